The topological polar surface area (TPSA) is 70.2 Å². The summed E-state index contributed by atoms with van der Waals surface area (Å²) >= 11 is 0. The van der Waals surface area contributed by atoms with Crippen molar-refractivity contribution in [3.05, 3.63) is 0 Å². The monoisotopic (exact) mass is 365 g/mol. The summed E-state index contributed by atoms with van der Waals surface area (Å²) in [5, 5.41) is 0. The number of carbonyl (C=O) groups is 3. The lowest BCUT2D eigenvalue weighted by Gasteiger charge is -2.39. The summed E-state index contributed by atoms with van der Waals surface area (Å²) in [4.78, 5) is 43.3. The van der Waals surface area contributed by atoms with Crippen molar-refractivity contribution in [3.8, 4) is 0 Å². The van der Waals surface area contributed by atoms with Crippen LogP contribution in [0.15, 0.2) is 0 Å². The zero-order valence-electron chi connectivity index (χ0n) is 15.9. The van der Waals surface area contributed by atoms with E-state index in [1.54, 1.807) is 16.9 Å². The molecule has 0 radical (unpaired) electrons. The second kappa shape index (κ2) is 8.37. The first-order valence-corrected chi connectivity index (χ1v) is 9.90. The third-order valence-electron chi connectivity index (χ3n) is 6.09. The zero-order valence-corrected chi connectivity index (χ0v) is 15.9. The van der Waals surface area contributed by atoms with Gasteiger partial charge in [0.25, 0.3) is 0 Å². The smallest absolute Gasteiger partial charge is 0.242 e. The third kappa shape index (κ3) is 4.03. The van der Waals surface area contributed by atoms with Gasteiger partial charge in [-0.2, -0.15) is 0 Å². The second-order valence-electron chi connectivity index (χ2n) is 7.86. The molecular formula is C19H31N3O4. The Bertz CT molecular complexity index is 553. The van der Waals surface area contributed by atoms with Crippen LogP contribution in [0.2, 0.25) is 0 Å². The molecule has 0 aromatic rings. The van der Waals surface area contributed by atoms with E-state index in [1.165, 1.54) is 0 Å². The number of rotatable bonds is 5. The number of methoxy groups -OCH3 is 1. The molecule has 0 unspecified atom stereocenters. The predicted octanol–water partition coefficient (Wildman–Crippen LogP) is 0.877. The summed E-state index contributed by atoms with van der Waals surface area (Å²) in [5.41, 5.74) is -0.426. The summed E-state index contributed by atoms with van der Waals surface area (Å²) in [7, 11) is 1.64. The molecule has 3 saturated heterocycles. The number of amides is 3. The number of hydrogen-bond donors (Lipinski definition) is 0. The molecule has 1 atom stereocenters. The highest BCUT2D eigenvalue weighted by molar-refractivity contribution is 5.88. The van der Waals surface area contributed by atoms with E-state index in [9.17, 15) is 14.4 Å². The quantitative estimate of drug-likeness (QED) is 0.725. The van der Waals surface area contributed by atoms with Crippen LogP contribution in [-0.2, 0) is 19.1 Å². The summed E-state index contributed by atoms with van der Waals surface area (Å²) in [6.07, 6.45) is 6.04. The molecule has 0 aromatic heterocycles. The van der Waals surface area contributed by atoms with Gasteiger partial charge in [0.1, 0.15) is 0 Å². The molecule has 0 aliphatic carbocycles. The Morgan fingerprint density at radius 3 is 2.65 bits per heavy atom. The van der Waals surface area contributed by atoms with Crippen molar-refractivity contribution in [3.63, 3.8) is 0 Å². The lowest BCUT2D eigenvalue weighted by Crippen LogP contribution is -2.51. The van der Waals surface area contributed by atoms with Crippen LogP contribution in [0.4, 0.5) is 0 Å². The maximum absolute atomic E-state index is 13.0. The Morgan fingerprint density at radius 2 is 1.85 bits per heavy atom. The average Bonchev–Trinajstić information content (AvgIpc) is 2.96. The Hall–Kier alpha value is -1.63. The molecule has 146 valence electrons. The highest BCUT2D eigenvalue weighted by Crippen LogP contribution is 2.40. The van der Waals surface area contributed by atoms with Crippen molar-refractivity contribution in [2.75, 3.05) is 53.0 Å². The number of ether oxygens (including phenoxy) is 1. The van der Waals surface area contributed by atoms with E-state index in [-0.39, 0.29) is 24.3 Å². The van der Waals surface area contributed by atoms with E-state index in [1.807, 2.05) is 4.90 Å². The lowest BCUT2D eigenvalue weighted by atomic mass is 9.78. The van der Waals surface area contributed by atoms with E-state index in [0.717, 1.165) is 45.1 Å². The van der Waals surface area contributed by atoms with Gasteiger partial charge in [0.05, 0.1) is 18.6 Å². The Labute approximate surface area is 155 Å². The fraction of sp³-hybridized carbons (Fsp3) is 0.842. The average molecular weight is 365 g/mol. The number of hydrogen-bond acceptors (Lipinski definition) is 4. The third-order valence-corrected chi connectivity index (χ3v) is 6.09. The fourth-order valence-electron chi connectivity index (χ4n) is 4.50. The van der Waals surface area contributed by atoms with E-state index < -0.39 is 5.41 Å². The molecule has 7 heteroatoms. The maximum Gasteiger partial charge on any atom is 0.242 e. The Balaban J connectivity index is 1.59. The molecule has 0 saturated carbocycles. The minimum absolute atomic E-state index is 0.0149. The van der Waals surface area contributed by atoms with E-state index in [4.69, 9.17) is 4.74 Å². The molecule has 0 bridgehead atoms. The van der Waals surface area contributed by atoms with Gasteiger partial charge in [-0.15, -0.1) is 0 Å². The van der Waals surface area contributed by atoms with E-state index >= 15 is 0 Å². The van der Waals surface area contributed by atoms with Gasteiger partial charge >= 0.3 is 0 Å². The summed E-state index contributed by atoms with van der Waals surface area (Å²) in [6, 6.07) is 0. The van der Waals surface area contributed by atoms with Crippen molar-refractivity contribution >= 4 is 17.7 Å². The van der Waals surface area contributed by atoms with Crippen LogP contribution < -0.4 is 0 Å². The Morgan fingerprint density at radius 1 is 1.04 bits per heavy atom. The number of likely N-dealkylation sites (tertiary alicyclic amines) is 3. The molecule has 3 rings (SSSR count). The summed E-state index contributed by atoms with van der Waals surface area (Å²) in [5.74, 6) is 0.241. The van der Waals surface area contributed by atoms with Crippen molar-refractivity contribution in [2.45, 2.75) is 44.9 Å². The van der Waals surface area contributed by atoms with Gasteiger partial charge in [0, 0.05) is 46.3 Å². The van der Waals surface area contributed by atoms with Crippen molar-refractivity contribution < 1.29 is 19.1 Å². The molecule has 3 fully saturated rings. The molecule has 3 amide bonds. The highest BCUT2D eigenvalue weighted by Gasteiger charge is 2.49. The SMILES string of the molecule is COCCN1CCC[C@]2(CCN(C(=O)CN3CCCCCC3=O)C2)C1=O. The van der Waals surface area contributed by atoms with Crippen LogP contribution in [0.25, 0.3) is 0 Å². The first-order chi connectivity index (χ1) is 12.6. The van der Waals surface area contributed by atoms with Crippen LogP contribution >= 0.6 is 0 Å². The molecule has 7 nitrogen and oxygen atoms in total. The predicted molar refractivity (Wildman–Crippen MR) is 96.4 cm³/mol. The van der Waals surface area contributed by atoms with Gasteiger partial charge in [0.2, 0.25) is 17.7 Å². The van der Waals surface area contributed by atoms with Gasteiger partial charge in [0.15, 0.2) is 0 Å². The molecule has 3 aliphatic rings. The minimum atomic E-state index is -0.426. The van der Waals surface area contributed by atoms with Crippen molar-refractivity contribution in [1.82, 2.24) is 14.7 Å². The minimum Gasteiger partial charge on any atom is -0.383 e. The maximum atomic E-state index is 13.0. The van der Waals surface area contributed by atoms with Gasteiger partial charge in [-0.05, 0) is 32.1 Å². The van der Waals surface area contributed by atoms with Crippen LogP contribution in [0.3, 0.4) is 0 Å². The second-order valence-corrected chi connectivity index (χ2v) is 7.86. The van der Waals surface area contributed by atoms with Gasteiger partial charge in [-0.25, -0.2) is 0 Å². The van der Waals surface area contributed by atoms with E-state index in [2.05, 4.69) is 0 Å². The highest BCUT2D eigenvalue weighted by atomic mass is 16.5. The molecular weight excluding hydrogens is 334 g/mol. The molecule has 3 aliphatic heterocycles. The largest absolute Gasteiger partial charge is 0.383 e. The zero-order chi connectivity index (χ0) is 18.6. The summed E-state index contributed by atoms with van der Waals surface area (Å²) in [6.45, 7) is 3.89. The molecule has 0 N–H and O–H groups in total. The first kappa shape index (κ1) is 19.1. The standard InChI is InChI=1S/C19H31N3O4/c1-26-13-12-20-10-5-7-19(18(20)25)8-11-22(15-19)17(24)14-21-9-4-2-3-6-16(21)23/h2-15H2,1H3/t19-/m1/s1. The van der Waals surface area contributed by atoms with Crippen LogP contribution in [0, 0.1) is 5.41 Å². The van der Waals surface area contributed by atoms with Crippen LogP contribution in [0.1, 0.15) is 44.9 Å². The first-order valence-electron chi connectivity index (χ1n) is 9.90. The number of carbonyl (C=O) groups excluding carboxylic acids is 3. The number of nitrogens with zero attached hydrogens (tertiary/aromatic N) is 3. The van der Waals surface area contributed by atoms with Gasteiger partial charge in [-0.3, -0.25) is 14.4 Å². The van der Waals surface area contributed by atoms with Crippen molar-refractivity contribution in [1.29, 1.82) is 0 Å². The number of piperidine rings is 1. The van der Waals surface area contributed by atoms with Crippen molar-refractivity contribution in [2.24, 2.45) is 5.41 Å². The van der Waals surface area contributed by atoms with E-state index in [0.29, 0.717) is 39.2 Å². The molecule has 3 heterocycles. The Kier molecular flexibility index (Phi) is 6.16. The normalized spacial score (nSPS) is 27.3. The summed E-state index contributed by atoms with van der Waals surface area (Å²) < 4.78 is 5.11. The lowest BCUT2D eigenvalue weighted by molar-refractivity contribution is -0.147. The fourth-order valence-corrected chi connectivity index (χ4v) is 4.50. The van der Waals surface area contributed by atoms with Gasteiger partial charge < -0.3 is 19.4 Å². The van der Waals surface area contributed by atoms with Crippen LogP contribution in [0.5, 0.6) is 0 Å². The molecule has 1 spiro atoms. The van der Waals surface area contributed by atoms with Gasteiger partial charge in [-0.1, -0.05) is 6.42 Å². The van der Waals surface area contributed by atoms with Crippen LogP contribution in [-0.4, -0.2) is 85.4 Å². The molecule has 0 aromatic carbocycles. The molecule has 26 heavy (non-hydrogen) atoms.